The van der Waals surface area contributed by atoms with Crippen LogP contribution in [0.1, 0.15) is 18.9 Å². The monoisotopic (exact) mass is 223 g/mol. The molecule has 3 heteroatoms. The molecule has 0 fully saturated rings. The van der Waals surface area contributed by atoms with Crippen LogP contribution in [-0.4, -0.2) is 40.9 Å². The van der Waals surface area contributed by atoms with Gasteiger partial charge < -0.3 is 10.2 Å². The van der Waals surface area contributed by atoms with Crippen LogP contribution < -0.4 is 0 Å². The van der Waals surface area contributed by atoms with Gasteiger partial charge in [0.05, 0.1) is 12.7 Å². The Balaban J connectivity index is 2.50. The largest absolute Gasteiger partial charge is 0.395 e. The number of hydrogen-bond donors (Lipinski definition) is 2. The number of aliphatic hydroxyl groups excluding tert-OH is 2. The molecule has 0 aliphatic rings. The van der Waals surface area contributed by atoms with Crippen LogP contribution in [0.2, 0.25) is 0 Å². The van der Waals surface area contributed by atoms with Gasteiger partial charge in [0.1, 0.15) is 0 Å². The molecule has 0 spiro atoms. The molecular weight excluding hydrogens is 202 g/mol. The molecule has 0 heterocycles. The third-order valence-electron chi connectivity index (χ3n) is 2.61. The first-order valence-corrected chi connectivity index (χ1v) is 5.81. The van der Waals surface area contributed by atoms with E-state index in [2.05, 4.69) is 17.0 Å². The van der Waals surface area contributed by atoms with E-state index in [1.54, 1.807) is 0 Å². The van der Waals surface area contributed by atoms with Crippen LogP contribution in [0, 0.1) is 0 Å². The molecule has 90 valence electrons. The Labute approximate surface area is 97.3 Å². The Kier molecular flexibility index (Phi) is 6.08. The summed E-state index contributed by atoms with van der Waals surface area (Å²) in [5.41, 5.74) is 1.21. The Hall–Kier alpha value is -0.900. The molecule has 0 aromatic heterocycles. The molecule has 1 aromatic carbocycles. The third-order valence-corrected chi connectivity index (χ3v) is 2.61. The van der Waals surface area contributed by atoms with Gasteiger partial charge in [-0.25, -0.2) is 0 Å². The van der Waals surface area contributed by atoms with Crippen molar-refractivity contribution in [3.05, 3.63) is 35.9 Å². The number of hydrogen-bond acceptors (Lipinski definition) is 3. The zero-order valence-electron chi connectivity index (χ0n) is 9.84. The highest BCUT2D eigenvalue weighted by atomic mass is 16.3. The second kappa shape index (κ2) is 7.39. The number of rotatable bonds is 7. The van der Waals surface area contributed by atoms with Gasteiger partial charge in [-0.1, -0.05) is 37.3 Å². The molecule has 0 unspecified atom stereocenters. The summed E-state index contributed by atoms with van der Waals surface area (Å²) in [4.78, 5) is 2.07. The lowest BCUT2D eigenvalue weighted by atomic mass is 10.2. The SMILES string of the molecule is CC[C@H](O)CN(CCO)Cc1ccccc1. The second-order valence-electron chi connectivity index (χ2n) is 4.01. The van der Waals surface area contributed by atoms with E-state index in [9.17, 15) is 5.11 Å². The first-order chi connectivity index (χ1) is 7.76. The van der Waals surface area contributed by atoms with Gasteiger partial charge in [-0.2, -0.15) is 0 Å². The number of benzene rings is 1. The lowest BCUT2D eigenvalue weighted by Crippen LogP contribution is -2.33. The topological polar surface area (TPSA) is 43.7 Å². The third kappa shape index (κ3) is 4.75. The first-order valence-electron chi connectivity index (χ1n) is 5.81. The molecule has 0 radical (unpaired) electrons. The zero-order chi connectivity index (χ0) is 11.8. The molecule has 1 atom stereocenters. The Morgan fingerprint density at radius 1 is 1.25 bits per heavy atom. The first kappa shape index (κ1) is 13.2. The van der Waals surface area contributed by atoms with Crippen LogP contribution in [0.3, 0.4) is 0 Å². The minimum atomic E-state index is -0.310. The summed E-state index contributed by atoms with van der Waals surface area (Å²) in [6.45, 7) is 4.09. The van der Waals surface area contributed by atoms with Gasteiger partial charge >= 0.3 is 0 Å². The summed E-state index contributed by atoms with van der Waals surface area (Å²) < 4.78 is 0. The second-order valence-corrected chi connectivity index (χ2v) is 4.01. The summed E-state index contributed by atoms with van der Waals surface area (Å²) in [6.07, 6.45) is 0.437. The molecule has 1 rings (SSSR count). The van der Waals surface area contributed by atoms with Crippen LogP contribution in [0.25, 0.3) is 0 Å². The number of nitrogens with zero attached hydrogens (tertiary/aromatic N) is 1. The summed E-state index contributed by atoms with van der Waals surface area (Å²) in [5, 5.41) is 18.6. The molecule has 2 N–H and O–H groups in total. The van der Waals surface area contributed by atoms with Crippen molar-refractivity contribution in [3.8, 4) is 0 Å². The predicted molar refractivity (Wildman–Crippen MR) is 65.1 cm³/mol. The van der Waals surface area contributed by atoms with Crippen LogP contribution in [0.4, 0.5) is 0 Å². The van der Waals surface area contributed by atoms with Gasteiger partial charge in [-0.05, 0) is 12.0 Å². The molecule has 0 saturated carbocycles. The summed E-state index contributed by atoms with van der Waals surface area (Å²) in [5.74, 6) is 0. The van der Waals surface area contributed by atoms with Crippen molar-refractivity contribution in [2.24, 2.45) is 0 Å². The minimum absolute atomic E-state index is 0.128. The number of aliphatic hydroxyl groups is 2. The highest BCUT2D eigenvalue weighted by Crippen LogP contribution is 2.05. The Morgan fingerprint density at radius 3 is 2.50 bits per heavy atom. The van der Waals surface area contributed by atoms with Crippen molar-refractivity contribution in [2.45, 2.75) is 26.0 Å². The lowest BCUT2D eigenvalue weighted by molar-refractivity contribution is 0.0930. The van der Waals surface area contributed by atoms with Crippen LogP contribution in [0.15, 0.2) is 30.3 Å². The average molecular weight is 223 g/mol. The molecule has 0 aliphatic heterocycles. The van der Waals surface area contributed by atoms with Crippen molar-refractivity contribution < 1.29 is 10.2 Å². The highest BCUT2D eigenvalue weighted by molar-refractivity contribution is 5.14. The van der Waals surface area contributed by atoms with Gasteiger partial charge in [0.15, 0.2) is 0 Å². The summed E-state index contributed by atoms with van der Waals surface area (Å²) in [6, 6.07) is 10.1. The quantitative estimate of drug-likeness (QED) is 0.731. The van der Waals surface area contributed by atoms with E-state index < -0.39 is 0 Å². The van der Waals surface area contributed by atoms with E-state index in [1.165, 1.54) is 5.56 Å². The zero-order valence-corrected chi connectivity index (χ0v) is 9.84. The Morgan fingerprint density at radius 2 is 1.94 bits per heavy atom. The van der Waals surface area contributed by atoms with E-state index in [4.69, 9.17) is 5.11 Å². The van der Waals surface area contributed by atoms with E-state index in [0.29, 0.717) is 13.1 Å². The van der Waals surface area contributed by atoms with Gasteiger partial charge in [-0.3, -0.25) is 4.90 Å². The molecule has 16 heavy (non-hydrogen) atoms. The van der Waals surface area contributed by atoms with Crippen molar-refractivity contribution in [2.75, 3.05) is 19.7 Å². The van der Waals surface area contributed by atoms with E-state index in [0.717, 1.165) is 13.0 Å². The van der Waals surface area contributed by atoms with Gasteiger partial charge in [-0.15, -0.1) is 0 Å². The summed E-state index contributed by atoms with van der Waals surface area (Å²) >= 11 is 0. The maximum absolute atomic E-state index is 9.61. The normalized spacial score (nSPS) is 13.0. The molecule has 0 bridgehead atoms. The van der Waals surface area contributed by atoms with Crippen LogP contribution >= 0.6 is 0 Å². The standard InChI is InChI=1S/C13H21NO2/c1-2-13(16)11-14(8-9-15)10-12-6-4-3-5-7-12/h3-7,13,15-16H,2,8-11H2,1H3/t13-/m0/s1. The maximum atomic E-state index is 9.61. The van der Waals surface area contributed by atoms with Gasteiger partial charge in [0.25, 0.3) is 0 Å². The molecule has 1 aromatic rings. The lowest BCUT2D eigenvalue weighted by Gasteiger charge is -2.23. The van der Waals surface area contributed by atoms with Crippen molar-refractivity contribution in [3.63, 3.8) is 0 Å². The molecular formula is C13H21NO2. The van der Waals surface area contributed by atoms with Gasteiger partial charge in [0, 0.05) is 19.6 Å². The molecule has 0 amide bonds. The van der Waals surface area contributed by atoms with Crippen molar-refractivity contribution in [1.82, 2.24) is 4.90 Å². The predicted octanol–water partition coefficient (Wildman–Crippen LogP) is 1.25. The molecule has 0 aliphatic carbocycles. The smallest absolute Gasteiger partial charge is 0.0664 e. The van der Waals surface area contributed by atoms with Gasteiger partial charge in [0.2, 0.25) is 0 Å². The fourth-order valence-electron chi connectivity index (χ4n) is 1.65. The fourth-order valence-corrected chi connectivity index (χ4v) is 1.65. The van der Waals surface area contributed by atoms with Crippen LogP contribution in [0.5, 0.6) is 0 Å². The van der Waals surface area contributed by atoms with E-state index in [1.807, 2.05) is 25.1 Å². The van der Waals surface area contributed by atoms with Crippen LogP contribution in [-0.2, 0) is 6.54 Å². The highest BCUT2D eigenvalue weighted by Gasteiger charge is 2.10. The Bertz CT molecular complexity index is 277. The molecule has 3 nitrogen and oxygen atoms in total. The molecule has 0 saturated heterocycles. The maximum Gasteiger partial charge on any atom is 0.0664 e. The average Bonchev–Trinajstić information content (AvgIpc) is 2.30. The minimum Gasteiger partial charge on any atom is -0.395 e. The summed E-state index contributed by atoms with van der Waals surface area (Å²) in [7, 11) is 0. The fraction of sp³-hybridized carbons (Fsp3) is 0.538. The van der Waals surface area contributed by atoms with E-state index >= 15 is 0 Å². The van der Waals surface area contributed by atoms with E-state index in [-0.39, 0.29) is 12.7 Å². The van der Waals surface area contributed by atoms with Crippen molar-refractivity contribution >= 4 is 0 Å². The van der Waals surface area contributed by atoms with Crippen molar-refractivity contribution in [1.29, 1.82) is 0 Å².